The van der Waals surface area contributed by atoms with Crippen LogP contribution in [0.1, 0.15) is 103 Å². The number of alkyl carbamates (subject to hydrolysis) is 1. The van der Waals surface area contributed by atoms with Crippen LogP contribution in [0.2, 0.25) is 0 Å². The Morgan fingerprint density at radius 3 is 2.58 bits per heavy atom. The van der Waals surface area contributed by atoms with E-state index in [9.17, 15) is 32.7 Å². The van der Waals surface area contributed by atoms with E-state index in [0.29, 0.717) is 67.5 Å². The third-order valence-electron chi connectivity index (χ3n) is 11.5. The van der Waals surface area contributed by atoms with E-state index in [0.717, 1.165) is 18.2 Å². The fraction of sp³-hybridized carbons (Fsp3) is 0.625. The highest BCUT2D eigenvalue weighted by atomic mass is 32.2. The van der Waals surface area contributed by atoms with Crippen LogP contribution in [-0.4, -0.2) is 88.8 Å². The first-order valence-electron chi connectivity index (χ1n) is 19.4. The number of rotatable bonds is 8. The van der Waals surface area contributed by atoms with Crippen molar-refractivity contribution in [1.82, 2.24) is 25.2 Å². The number of hydrogen-bond donors (Lipinski definition) is 4. The van der Waals surface area contributed by atoms with Gasteiger partial charge in [-0.25, -0.2) is 18.2 Å². The van der Waals surface area contributed by atoms with Gasteiger partial charge in [-0.05, 0) is 117 Å². The van der Waals surface area contributed by atoms with Crippen molar-refractivity contribution in [3.8, 4) is 11.5 Å². The molecular weight excluding hydrogens is 727 g/mol. The molecule has 4 amide bonds. The van der Waals surface area contributed by atoms with Gasteiger partial charge in [-0.1, -0.05) is 25.0 Å². The second-order valence-electron chi connectivity index (χ2n) is 17.0. The summed E-state index contributed by atoms with van der Waals surface area (Å²) in [6.45, 7) is 8.72. The molecule has 4 aliphatic rings. The standard InChI is InChI=1S/C40H55N5O9S/c1-24-33(46)28(29-21-27(53-6)15-17-30(29)41-24)16-14-25-20-32-34(47)43-40(36(49)44-55(51,52)39(5)18-19-39)22-26(40)12-10-8-7-9-11-13-31(35(48)45(32)23-25)42-37(50)54-38(2,3)4/h10,12,15,17,21,25-26,31-32,46H,7-9,11,13-14,16,18-20,22-23H2,1-6H3,(H,42,50)(H,43,47)(H,44,49). The smallest absolute Gasteiger partial charge is 0.408 e. The summed E-state index contributed by atoms with van der Waals surface area (Å²) in [5.74, 6) is -1.73. The summed E-state index contributed by atoms with van der Waals surface area (Å²) >= 11 is 0. The van der Waals surface area contributed by atoms with E-state index in [-0.39, 0.29) is 31.1 Å². The molecule has 2 aliphatic heterocycles. The lowest BCUT2D eigenvalue weighted by molar-refractivity contribution is -0.141. The van der Waals surface area contributed by atoms with Gasteiger partial charge in [-0.3, -0.25) is 19.1 Å². The molecular formula is C40H55N5O9S. The molecule has 2 aromatic rings. The monoisotopic (exact) mass is 781 g/mol. The van der Waals surface area contributed by atoms with E-state index in [4.69, 9.17) is 9.47 Å². The van der Waals surface area contributed by atoms with Crippen molar-refractivity contribution < 1.29 is 42.2 Å². The molecule has 3 fully saturated rings. The Kier molecular flexibility index (Phi) is 11.2. The number of aryl methyl sites for hydroxylation is 2. The van der Waals surface area contributed by atoms with Gasteiger partial charge in [-0.2, -0.15) is 0 Å². The summed E-state index contributed by atoms with van der Waals surface area (Å²) in [7, 11) is -2.42. The van der Waals surface area contributed by atoms with E-state index >= 15 is 0 Å². The lowest BCUT2D eigenvalue weighted by atomic mass is 9.94. The van der Waals surface area contributed by atoms with Crippen molar-refractivity contribution in [2.45, 2.75) is 133 Å². The molecule has 55 heavy (non-hydrogen) atoms. The van der Waals surface area contributed by atoms with Crippen molar-refractivity contribution in [2.75, 3.05) is 13.7 Å². The van der Waals surface area contributed by atoms with E-state index < -0.39 is 67.7 Å². The summed E-state index contributed by atoms with van der Waals surface area (Å²) < 4.78 is 38.5. The summed E-state index contributed by atoms with van der Waals surface area (Å²) in [6.07, 6.45) is 8.59. The Balaban J connectivity index is 1.30. The minimum atomic E-state index is -3.98. The molecule has 2 saturated carbocycles. The number of nitrogens with one attached hydrogen (secondary N) is 3. The minimum absolute atomic E-state index is 0.0693. The van der Waals surface area contributed by atoms with Crippen LogP contribution in [0, 0.1) is 18.8 Å². The molecule has 6 rings (SSSR count). The van der Waals surface area contributed by atoms with E-state index in [1.54, 1.807) is 47.8 Å². The first kappa shape index (κ1) is 40.3. The number of carbonyl (C=O) groups excluding carboxylic acids is 4. The Hall–Kier alpha value is -4.40. The number of fused-ring (bicyclic) bond motifs is 3. The fourth-order valence-corrected chi connectivity index (χ4v) is 9.12. The molecule has 2 aliphatic carbocycles. The van der Waals surface area contributed by atoms with E-state index in [1.807, 2.05) is 24.3 Å². The van der Waals surface area contributed by atoms with Gasteiger partial charge in [0.1, 0.15) is 34.7 Å². The first-order valence-corrected chi connectivity index (χ1v) is 20.9. The Labute approximate surface area is 323 Å². The van der Waals surface area contributed by atoms with Gasteiger partial charge in [-0.15, -0.1) is 0 Å². The van der Waals surface area contributed by atoms with Crippen LogP contribution in [-0.2, 0) is 35.6 Å². The third-order valence-corrected chi connectivity index (χ3v) is 13.7. The normalized spacial score (nSPS) is 26.8. The fourth-order valence-electron chi connectivity index (χ4n) is 7.81. The summed E-state index contributed by atoms with van der Waals surface area (Å²) in [5, 5.41) is 17.6. The second kappa shape index (κ2) is 15.3. The first-order chi connectivity index (χ1) is 25.9. The molecule has 0 radical (unpaired) electrons. The van der Waals surface area contributed by atoms with Crippen LogP contribution in [0.4, 0.5) is 4.79 Å². The van der Waals surface area contributed by atoms with Crippen LogP contribution in [0.5, 0.6) is 11.5 Å². The summed E-state index contributed by atoms with van der Waals surface area (Å²) in [5.41, 5.74) is -0.437. The molecule has 0 bridgehead atoms. The van der Waals surface area contributed by atoms with Crippen molar-refractivity contribution in [2.24, 2.45) is 11.8 Å². The second-order valence-corrected chi connectivity index (χ2v) is 19.2. The number of ether oxygens (including phenoxy) is 2. The lowest BCUT2D eigenvalue weighted by Gasteiger charge is -2.30. The van der Waals surface area contributed by atoms with Gasteiger partial charge < -0.3 is 30.1 Å². The number of pyridine rings is 1. The van der Waals surface area contributed by atoms with Gasteiger partial charge >= 0.3 is 6.09 Å². The third kappa shape index (κ3) is 8.71. The maximum absolute atomic E-state index is 14.5. The molecule has 300 valence electrons. The number of aromatic hydroxyl groups is 1. The van der Waals surface area contributed by atoms with Crippen molar-refractivity contribution in [3.05, 3.63) is 41.6 Å². The van der Waals surface area contributed by atoms with Crippen LogP contribution in [0.3, 0.4) is 0 Å². The van der Waals surface area contributed by atoms with Gasteiger partial charge in [0.2, 0.25) is 21.8 Å². The van der Waals surface area contributed by atoms with Crippen LogP contribution < -0.4 is 20.1 Å². The van der Waals surface area contributed by atoms with Crippen LogP contribution >= 0.6 is 0 Å². The summed E-state index contributed by atoms with van der Waals surface area (Å²) in [6, 6.07) is 3.48. The zero-order chi connectivity index (χ0) is 39.9. The van der Waals surface area contributed by atoms with Crippen molar-refractivity contribution in [3.63, 3.8) is 0 Å². The average molecular weight is 782 g/mol. The average Bonchev–Trinajstić information content (AvgIpc) is 3.99. The maximum Gasteiger partial charge on any atom is 0.408 e. The van der Waals surface area contributed by atoms with E-state index in [1.165, 1.54) is 4.90 Å². The van der Waals surface area contributed by atoms with Gasteiger partial charge in [0, 0.05) is 23.4 Å². The highest BCUT2D eigenvalue weighted by molar-refractivity contribution is 7.91. The number of amides is 4. The predicted octanol–water partition coefficient (Wildman–Crippen LogP) is 4.69. The molecule has 4 N–H and O–H groups in total. The molecule has 3 heterocycles. The van der Waals surface area contributed by atoms with Crippen LogP contribution in [0.15, 0.2) is 30.4 Å². The number of nitrogens with zero attached hydrogens (tertiary/aromatic N) is 2. The van der Waals surface area contributed by atoms with Gasteiger partial charge in [0.15, 0.2) is 0 Å². The van der Waals surface area contributed by atoms with Crippen molar-refractivity contribution >= 4 is 44.7 Å². The largest absolute Gasteiger partial charge is 0.506 e. The minimum Gasteiger partial charge on any atom is -0.506 e. The highest BCUT2D eigenvalue weighted by Gasteiger charge is 2.63. The predicted molar refractivity (Wildman–Crippen MR) is 206 cm³/mol. The van der Waals surface area contributed by atoms with E-state index in [2.05, 4.69) is 20.3 Å². The quantitative estimate of drug-likeness (QED) is 0.273. The number of aromatic nitrogens is 1. The molecule has 0 spiro atoms. The number of methoxy groups -OCH3 is 1. The number of hydrogen-bond acceptors (Lipinski definition) is 10. The zero-order valence-electron chi connectivity index (χ0n) is 32.7. The molecule has 1 saturated heterocycles. The molecule has 14 nitrogen and oxygen atoms in total. The highest BCUT2D eigenvalue weighted by Crippen LogP contribution is 2.48. The van der Waals surface area contributed by atoms with Gasteiger partial charge in [0.25, 0.3) is 5.91 Å². The Morgan fingerprint density at radius 2 is 1.89 bits per heavy atom. The maximum atomic E-state index is 14.5. The zero-order valence-corrected chi connectivity index (χ0v) is 33.5. The van der Waals surface area contributed by atoms with Crippen molar-refractivity contribution in [1.29, 1.82) is 0 Å². The summed E-state index contributed by atoms with van der Waals surface area (Å²) in [4.78, 5) is 61.9. The number of allylic oxidation sites excluding steroid dienone is 1. The molecule has 1 aromatic carbocycles. The SMILES string of the molecule is COc1ccc2nc(C)c(O)c(CCC3CC4C(=O)NC5(C(=O)NS(=O)(=O)C6(C)CC6)CC5C=CCCCCCC(NC(=O)OC(C)(C)C)C(=O)N4C3)c2c1. The lowest BCUT2D eigenvalue weighted by Crippen LogP contribution is -2.58. The van der Waals surface area contributed by atoms with Crippen LogP contribution in [0.25, 0.3) is 10.9 Å². The topological polar surface area (TPSA) is 193 Å². The number of carbonyl (C=O) groups is 4. The Morgan fingerprint density at radius 1 is 1.15 bits per heavy atom. The molecule has 15 heteroatoms. The molecule has 1 aromatic heterocycles. The number of sulfonamides is 1. The molecule has 5 unspecified atom stereocenters. The van der Waals surface area contributed by atoms with Gasteiger partial charge in [0.05, 0.1) is 23.1 Å². The number of benzene rings is 1. The molecule has 5 atom stereocenters. The Bertz CT molecular complexity index is 1990.